The Bertz CT molecular complexity index is 713. The zero-order valence-corrected chi connectivity index (χ0v) is 11.8. The van der Waals surface area contributed by atoms with E-state index in [9.17, 15) is 5.11 Å². The maximum absolute atomic E-state index is 10.2. The van der Waals surface area contributed by atoms with Crippen molar-refractivity contribution in [2.24, 2.45) is 0 Å². The van der Waals surface area contributed by atoms with Gasteiger partial charge in [0, 0.05) is 11.7 Å². The minimum Gasteiger partial charge on any atom is -0.391 e. The molecule has 0 aliphatic carbocycles. The van der Waals surface area contributed by atoms with E-state index in [0.29, 0.717) is 0 Å². The third kappa shape index (κ3) is 2.23. The van der Waals surface area contributed by atoms with Gasteiger partial charge in [-0.15, -0.1) is 0 Å². The van der Waals surface area contributed by atoms with Crippen LogP contribution >= 0.6 is 0 Å². The Morgan fingerprint density at radius 3 is 2.45 bits per heavy atom. The van der Waals surface area contributed by atoms with Crippen LogP contribution in [0.4, 0.5) is 0 Å². The van der Waals surface area contributed by atoms with Crippen molar-refractivity contribution in [3.05, 3.63) is 71.9 Å². The summed E-state index contributed by atoms with van der Waals surface area (Å²) in [5.41, 5.74) is 3.52. The van der Waals surface area contributed by atoms with Crippen molar-refractivity contribution in [2.75, 3.05) is 0 Å². The predicted octanol–water partition coefficient (Wildman–Crippen LogP) is 3.92. The lowest BCUT2D eigenvalue weighted by atomic mass is 10.0. The third-order valence-electron chi connectivity index (χ3n) is 3.78. The van der Waals surface area contributed by atoms with Crippen LogP contribution in [0.5, 0.6) is 0 Å². The average Bonchev–Trinajstić information content (AvgIpc) is 2.83. The van der Waals surface area contributed by atoms with Crippen molar-refractivity contribution in [2.45, 2.75) is 26.0 Å². The fourth-order valence-corrected chi connectivity index (χ4v) is 2.82. The van der Waals surface area contributed by atoms with Crippen LogP contribution in [0.25, 0.3) is 10.9 Å². The molecule has 2 atom stereocenters. The van der Waals surface area contributed by atoms with Gasteiger partial charge in [0.05, 0.1) is 12.1 Å². The van der Waals surface area contributed by atoms with Gasteiger partial charge in [0.1, 0.15) is 0 Å². The smallest absolute Gasteiger partial charge is 0.0842 e. The maximum Gasteiger partial charge on any atom is 0.0842 e. The minimum absolute atomic E-state index is 0.0597. The molecule has 102 valence electrons. The predicted molar refractivity (Wildman–Crippen MR) is 82.9 cm³/mol. The molecule has 2 aromatic carbocycles. The topological polar surface area (TPSA) is 25.2 Å². The van der Waals surface area contributed by atoms with E-state index in [0.717, 1.165) is 5.56 Å². The molecule has 3 rings (SSSR count). The molecule has 0 fully saturated rings. The number of hydrogen-bond acceptors (Lipinski definition) is 1. The number of aliphatic hydroxyl groups is 1. The number of aryl methyl sites for hydroxylation is 1. The van der Waals surface area contributed by atoms with Gasteiger partial charge in [-0.2, -0.15) is 0 Å². The molecule has 0 radical (unpaired) electrons. The molecule has 0 saturated carbocycles. The molecule has 0 aliphatic heterocycles. The lowest BCUT2D eigenvalue weighted by molar-refractivity contribution is 0.151. The van der Waals surface area contributed by atoms with Crippen LogP contribution in [-0.2, 0) is 0 Å². The summed E-state index contributed by atoms with van der Waals surface area (Å²) < 4.78 is 2.17. The second-order valence-electron chi connectivity index (χ2n) is 5.38. The number of aromatic nitrogens is 1. The van der Waals surface area contributed by atoms with Gasteiger partial charge in [-0.3, -0.25) is 0 Å². The second-order valence-corrected chi connectivity index (χ2v) is 5.38. The van der Waals surface area contributed by atoms with Gasteiger partial charge in [-0.25, -0.2) is 0 Å². The van der Waals surface area contributed by atoms with Crippen molar-refractivity contribution in [3.8, 4) is 0 Å². The van der Waals surface area contributed by atoms with Gasteiger partial charge in [0.25, 0.3) is 0 Å². The molecular formula is C18H19NO. The SMILES string of the molecule is Cc1ccc2ccn(C(c3ccccc3)C(C)O)c2c1. The summed E-state index contributed by atoms with van der Waals surface area (Å²) in [5, 5.41) is 11.5. The van der Waals surface area contributed by atoms with Crippen molar-refractivity contribution in [1.82, 2.24) is 4.57 Å². The number of benzene rings is 2. The standard InChI is InChI=1S/C18H19NO/c1-13-8-9-15-10-11-19(17(15)12-13)18(14(2)20)16-6-4-3-5-7-16/h3-12,14,18,20H,1-2H3. The first-order valence-electron chi connectivity index (χ1n) is 6.97. The van der Waals surface area contributed by atoms with E-state index in [1.165, 1.54) is 16.5 Å². The van der Waals surface area contributed by atoms with Crippen LogP contribution in [0.15, 0.2) is 60.8 Å². The van der Waals surface area contributed by atoms with Crippen LogP contribution in [-0.4, -0.2) is 15.8 Å². The lowest BCUT2D eigenvalue weighted by Crippen LogP contribution is -2.21. The maximum atomic E-state index is 10.2. The van der Waals surface area contributed by atoms with Gasteiger partial charge in [-0.1, -0.05) is 42.5 Å². The molecule has 0 bridgehead atoms. The molecule has 0 aliphatic rings. The summed E-state index contributed by atoms with van der Waals surface area (Å²) >= 11 is 0. The number of nitrogens with zero attached hydrogens (tertiary/aromatic N) is 1. The molecule has 0 saturated heterocycles. The lowest BCUT2D eigenvalue weighted by Gasteiger charge is -2.23. The van der Waals surface area contributed by atoms with E-state index in [2.05, 4.69) is 54.1 Å². The fourth-order valence-electron chi connectivity index (χ4n) is 2.82. The van der Waals surface area contributed by atoms with Crippen LogP contribution < -0.4 is 0 Å². The molecule has 2 nitrogen and oxygen atoms in total. The van der Waals surface area contributed by atoms with Crippen molar-refractivity contribution in [3.63, 3.8) is 0 Å². The number of aliphatic hydroxyl groups excluding tert-OH is 1. The normalized spacial score (nSPS) is 14.3. The van der Waals surface area contributed by atoms with E-state index in [1.807, 2.05) is 25.1 Å². The highest BCUT2D eigenvalue weighted by atomic mass is 16.3. The van der Waals surface area contributed by atoms with Crippen molar-refractivity contribution >= 4 is 10.9 Å². The molecular weight excluding hydrogens is 246 g/mol. The van der Waals surface area contributed by atoms with Crippen molar-refractivity contribution < 1.29 is 5.11 Å². The number of fused-ring (bicyclic) bond motifs is 1. The molecule has 3 aromatic rings. The first kappa shape index (κ1) is 12.9. The minimum atomic E-state index is -0.450. The number of rotatable bonds is 3. The highest BCUT2D eigenvalue weighted by Crippen LogP contribution is 2.28. The first-order chi connectivity index (χ1) is 9.66. The van der Waals surface area contributed by atoms with E-state index >= 15 is 0 Å². The molecule has 1 aromatic heterocycles. The molecule has 0 spiro atoms. The molecule has 0 amide bonds. The van der Waals surface area contributed by atoms with Gasteiger partial charge >= 0.3 is 0 Å². The van der Waals surface area contributed by atoms with Crippen LogP contribution in [0, 0.1) is 6.92 Å². The van der Waals surface area contributed by atoms with E-state index in [-0.39, 0.29) is 6.04 Å². The number of hydrogen-bond donors (Lipinski definition) is 1. The Morgan fingerprint density at radius 2 is 1.75 bits per heavy atom. The summed E-state index contributed by atoms with van der Waals surface area (Å²) in [6, 6.07) is 18.6. The molecule has 1 N–H and O–H groups in total. The van der Waals surface area contributed by atoms with Gasteiger partial charge in [0.2, 0.25) is 0 Å². The van der Waals surface area contributed by atoms with E-state index < -0.39 is 6.10 Å². The van der Waals surface area contributed by atoms with E-state index in [1.54, 1.807) is 0 Å². The van der Waals surface area contributed by atoms with Crippen LogP contribution in [0.2, 0.25) is 0 Å². The highest BCUT2D eigenvalue weighted by Gasteiger charge is 2.20. The third-order valence-corrected chi connectivity index (χ3v) is 3.78. The molecule has 2 unspecified atom stereocenters. The first-order valence-corrected chi connectivity index (χ1v) is 6.97. The Morgan fingerprint density at radius 1 is 1.00 bits per heavy atom. The Balaban J connectivity index is 2.18. The zero-order chi connectivity index (χ0) is 14.1. The van der Waals surface area contributed by atoms with E-state index in [4.69, 9.17) is 0 Å². The van der Waals surface area contributed by atoms with Gasteiger partial charge in [-0.05, 0) is 42.5 Å². The highest BCUT2D eigenvalue weighted by molar-refractivity contribution is 5.81. The molecule has 1 heterocycles. The Hall–Kier alpha value is -2.06. The van der Waals surface area contributed by atoms with Gasteiger partial charge < -0.3 is 9.67 Å². The monoisotopic (exact) mass is 265 g/mol. The quantitative estimate of drug-likeness (QED) is 0.763. The van der Waals surface area contributed by atoms with Crippen molar-refractivity contribution in [1.29, 1.82) is 0 Å². The second kappa shape index (κ2) is 5.14. The largest absolute Gasteiger partial charge is 0.391 e. The molecule has 20 heavy (non-hydrogen) atoms. The summed E-state index contributed by atoms with van der Waals surface area (Å²) in [6.07, 6.45) is 1.61. The zero-order valence-electron chi connectivity index (χ0n) is 11.8. The average molecular weight is 265 g/mol. The summed E-state index contributed by atoms with van der Waals surface area (Å²) in [4.78, 5) is 0. The fraction of sp³-hybridized carbons (Fsp3) is 0.222. The summed E-state index contributed by atoms with van der Waals surface area (Å²) in [5.74, 6) is 0. The van der Waals surface area contributed by atoms with Crippen LogP contribution in [0.1, 0.15) is 24.1 Å². The summed E-state index contributed by atoms with van der Waals surface area (Å²) in [6.45, 7) is 3.94. The Kier molecular flexibility index (Phi) is 3.33. The van der Waals surface area contributed by atoms with Crippen LogP contribution in [0.3, 0.4) is 0 Å². The van der Waals surface area contributed by atoms with Gasteiger partial charge in [0.15, 0.2) is 0 Å². The summed E-state index contributed by atoms with van der Waals surface area (Å²) in [7, 11) is 0. The molecule has 2 heteroatoms. The Labute approximate surface area is 119 Å².